The van der Waals surface area contributed by atoms with Gasteiger partial charge in [-0.05, 0) is 30.7 Å². The van der Waals surface area contributed by atoms with E-state index < -0.39 is 22.7 Å². The van der Waals surface area contributed by atoms with E-state index in [4.69, 9.17) is 5.73 Å². The average Bonchev–Trinajstić information content (AvgIpc) is 3.49. The number of nitrogens with one attached hydrogen (secondary N) is 3. The van der Waals surface area contributed by atoms with Gasteiger partial charge in [-0.15, -0.1) is 0 Å². The molecule has 0 spiro atoms. The van der Waals surface area contributed by atoms with Crippen LogP contribution in [0, 0.1) is 15.9 Å². The number of carbonyl (C=O) groups excluding carboxylic acids is 2. The van der Waals surface area contributed by atoms with Gasteiger partial charge in [-0.3, -0.25) is 14.9 Å². The summed E-state index contributed by atoms with van der Waals surface area (Å²) in [6.07, 6.45) is 3.87. The molecule has 0 bridgehead atoms. The molecule has 11 nitrogen and oxygen atoms in total. The third-order valence-corrected chi connectivity index (χ3v) is 5.97. The fourth-order valence-electron chi connectivity index (χ4n) is 4.49. The van der Waals surface area contributed by atoms with Crippen molar-refractivity contribution in [3.05, 3.63) is 81.9 Å². The predicted octanol–water partition coefficient (Wildman–Crippen LogP) is 2.32. The predicted molar refractivity (Wildman–Crippen MR) is 131 cm³/mol. The number of aromatic amines is 1. The lowest BCUT2D eigenvalue weighted by atomic mass is 9.95. The zero-order valence-electron chi connectivity index (χ0n) is 18.7. The third-order valence-electron chi connectivity index (χ3n) is 5.97. The normalized spacial score (nSPS) is 14.2. The Balaban J connectivity index is 1.57. The van der Waals surface area contributed by atoms with E-state index in [0.717, 1.165) is 10.9 Å². The molecule has 0 fully saturated rings. The van der Waals surface area contributed by atoms with E-state index in [1.165, 1.54) is 12.1 Å². The van der Waals surface area contributed by atoms with Crippen molar-refractivity contribution in [2.24, 2.45) is 10.8 Å². The Morgan fingerprint density at radius 2 is 1.86 bits per heavy atom. The maximum absolute atomic E-state index is 14.2. The molecule has 0 radical (unpaired) electrons. The Morgan fingerprint density at radius 1 is 1.11 bits per heavy atom. The van der Waals surface area contributed by atoms with Gasteiger partial charge in [0.05, 0.1) is 16.7 Å². The number of fused-ring (bicyclic) bond motifs is 2. The maximum atomic E-state index is 14.2. The van der Waals surface area contributed by atoms with E-state index >= 15 is 0 Å². The molecule has 5 N–H and O–H groups in total. The zero-order chi connectivity index (χ0) is 25.4. The Labute approximate surface area is 202 Å². The number of aryl methyl sites for hydroxylation is 1. The van der Waals surface area contributed by atoms with Crippen LogP contribution < -0.4 is 16.4 Å². The van der Waals surface area contributed by atoms with Gasteiger partial charge in [-0.1, -0.05) is 18.2 Å². The number of hydrazone groups is 1. The van der Waals surface area contributed by atoms with Crippen molar-refractivity contribution in [3.8, 4) is 0 Å². The first-order valence-electron chi connectivity index (χ1n) is 11.0. The molecule has 3 heterocycles. The summed E-state index contributed by atoms with van der Waals surface area (Å²) in [5.74, 6) is -1.81. The number of benzene rings is 2. The number of para-hydroxylation sites is 1. The second-order valence-electron chi connectivity index (χ2n) is 8.18. The van der Waals surface area contributed by atoms with Crippen LogP contribution in [0.4, 0.5) is 4.39 Å². The van der Waals surface area contributed by atoms with E-state index in [2.05, 4.69) is 20.7 Å². The monoisotopic (exact) mass is 489 g/mol. The standard InChI is InChI=1S/C24H20FN7O4/c25-13-6-7-15-17(12-31(19(15)10-13)9-3-8-27-24(26)30-32(35)36)21-20(22(33)29-23(21)34)16-11-28-18-5-2-1-4-14(16)18/h1-2,4-7,10-12,28H,3,8-9H2,(H3,26,27,30)(H,29,33,34). The highest BCUT2D eigenvalue weighted by Gasteiger charge is 2.35. The average molecular weight is 489 g/mol. The van der Waals surface area contributed by atoms with Gasteiger partial charge in [0.1, 0.15) is 10.9 Å². The molecule has 1 aliphatic heterocycles. The molecule has 2 aromatic carbocycles. The minimum absolute atomic E-state index is 0.209. The number of rotatable bonds is 7. The van der Waals surface area contributed by atoms with E-state index in [0.29, 0.717) is 35.0 Å². The number of nitrogens with two attached hydrogens (primary N) is 1. The molecule has 0 unspecified atom stereocenters. The number of hydrogen-bond donors (Lipinski definition) is 4. The first-order valence-corrected chi connectivity index (χ1v) is 11.0. The quantitative estimate of drug-likeness (QED) is 0.0778. The minimum Gasteiger partial charge on any atom is -0.365 e. The number of nitro groups is 1. The molecular weight excluding hydrogens is 469 g/mol. The number of carbonyl (C=O) groups is 2. The number of aromatic nitrogens is 2. The SMILES string of the molecule is NC(=N[N+](=O)[O-])NCCCn1cc(C2=C(c3c[nH]c4ccccc34)C(=O)NC2=O)c2ccc(F)cc21. The topological polar surface area (TPSA) is 160 Å². The van der Waals surface area contributed by atoms with Crippen molar-refractivity contribution >= 4 is 50.7 Å². The highest BCUT2D eigenvalue weighted by Crippen LogP contribution is 2.38. The van der Waals surface area contributed by atoms with Gasteiger partial charge in [-0.25, -0.2) is 14.5 Å². The lowest BCUT2D eigenvalue weighted by Gasteiger charge is -2.06. The van der Waals surface area contributed by atoms with Crippen LogP contribution in [-0.2, 0) is 16.1 Å². The van der Waals surface area contributed by atoms with E-state index in [1.807, 2.05) is 24.3 Å². The number of hydrogen-bond acceptors (Lipinski definition) is 4. The Hall–Kier alpha value is -5.00. The van der Waals surface area contributed by atoms with Crippen molar-refractivity contribution in [1.29, 1.82) is 0 Å². The van der Waals surface area contributed by atoms with Gasteiger partial charge in [0.2, 0.25) is 0 Å². The Kier molecular flexibility index (Phi) is 5.68. The van der Waals surface area contributed by atoms with Crippen LogP contribution >= 0.6 is 0 Å². The van der Waals surface area contributed by atoms with Crippen LogP contribution in [0.25, 0.3) is 33.0 Å². The van der Waals surface area contributed by atoms with Gasteiger partial charge < -0.3 is 20.6 Å². The van der Waals surface area contributed by atoms with Gasteiger partial charge in [0.15, 0.2) is 5.03 Å². The minimum atomic E-state index is -0.899. The summed E-state index contributed by atoms with van der Waals surface area (Å²) in [4.78, 5) is 39.4. The summed E-state index contributed by atoms with van der Waals surface area (Å²) in [5, 5.41) is 18.9. The Bertz CT molecular complexity index is 1620. The van der Waals surface area contributed by atoms with Crippen LogP contribution in [-0.4, -0.2) is 38.9 Å². The summed E-state index contributed by atoms with van der Waals surface area (Å²) < 4.78 is 15.9. The molecule has 0 saturated heterocycles. The number of guanidine groups is 1. The lowest BCUT2D eigenvalue weighted by molar-refractivity contribution is -0.485. The summed E-state index contributed by atoms with van der Waals surface area (Å²) in [6, 6.07) is 11.7. The lowest BCUT2D eigenvalue weighted by Crippen LogP contribution is -2.33. The number of amides is 2. The highest BCUT2D eigenvalue weighted by atomic mass is 19.1. The van der Waals surface area contributed by atoms with Crippen molar-refractivity contribution in [1.82, 2.24) is 20.2 Å². The van der Waals surface area contributed by atoms with Crippen molar-refractivity contribution < 1.29 is 19.0 Å². The molecule has 0 aliphatic carbocycles. The fraction of sp³-hybridized carbons (Fsp3) is 0.125. The van der Waals surface area contributed by atoms with Crippen LogP contribution in [0.2, 0.25) is 0 Å². The van der Waals surface area contributed by atoms with Crippen LogP contribution in [0.1, 0.15) is 17.5 Å². The molecule has 2 amide bonds. The summed E-state index contributed by atoms with van der Waals surface area (Å²) in [6.45, 7) is 0.652. The molecule has 2 aromatic heterocycles. The molecule has 1 aliphatic rings. The van der Waals surface area contributed by atoms with Gasteiger partial charge in [0.25, 0.3) is 17.8 Å². The zero-order valence-corrected chi connectivity index (χ0v) is 18.7. The molecule has 36 heavy (non-hydrogen) atoms. The van der Waals surface area contributed by atoms with Gasteiger partial charge >= 0.3 is 0 Å². The second-order valence-corrected chi connectivity index (χ2v) is 8.18. The number of imide groups is 1. The van der Waals surface area contributed by atoms with Crippen molar-refractivity contribution in [3.63, 3.8) is 0 Å². The number of nitrogens with zero attached hydrogens (tertiary/aromatic N) is 3. The third kappa shape index (κ3) is 4.04. The summed E-state index contributed by atoms with van der Waals surface area (Å²) in [5.41, 5.74) is 8.34. The molecular formula is C24H20FN7O4. The first-order chi connectivity index (χ1) is 17.3. The van der Waals surface area contributed by atoms with Crippen LogP contribution in [0.3, 0.4) is 0 Å². The van der Waals surface area contributed by atoms with Crippen LogP contribution in [0.5, 0.6) is 0 Å². The molecule has 4 aromatic rings. The second kappa shape index (κ2) is 8.98. The Morgan fingerprint density at radius 3 is 2.64 bits per heavy atom. The maximum Gasteiger partial charge on any atom is 0.266 e. The molecule has 12 heteroatoms. The number of halogens is 1. The number of H-pyrrole nitrogens is 1. The molecule has 0 atom stereocenters. The van der Waals surface area contributed by atoms with Gasteiger partial charge in [-0.2, -0.15) is 0 Å². The fourth-order valence-corrected chi connectivity index (χ4v) is 4.49. The highest BCUT2D eigenvalue weighted by molar-refractivity contribution is 6.50. The van der Waals surface area contributed by atoms with Crippen molar-refractivity contribution in [2.75, 3.05) is 6.54 Å². The summed E-state index contributed by atoms with van der Waals surface area (Å²) in [7, 11) is 0. The van der Waals surface area contributed by atoms with E-state index in [-0.39, 0.29) is 23.7 Å². The van der Waals surface area contributed by atoms with Crippen molar-refractivity contribution in [2.45, 2.75) is 13.0 Å². The molecule has 5 rings (SSSR count). The van der Waals surface area contributed by atoms with E-state index in [9.17, 15) is 24.1 Å². The molecule has 182 valence electrons. The largest absolute Gasteiger partial charge is 0.365 e. The summed E-state index contributed by atoms with van der Waals surface area (Å²) >= 11 is 0. The smallest absolute Gasteiger partial charge is 0.266 e. The van der Waals surface area contributed by atoms with E-state index in [1.54, 1.807) is 23.0 Å². The molecule has 0 saturated carbocycles. The van der Waals surface area contributed by atoms with Crippen LogP contribution in [0.15, 0.2) is 60.0 Å². The first kappa shape index (κ1) is 22.8. The van der Waals surface area contributed by atoms with Gasteiger partial charge in [0, 0.05) is 52.9 Å².